The van der Waals surface area contributed by atoms with Crippen molar-refractivity contribution in [1.82, 2.24) is 14.0 Å². The van der Waals surface area contributed by atoms with Crippen molar-refractivity contribution in [3.8, 4) is 0 Å². The molecule has 0 aliphatic carbocycles. The number of hydrogen-bond acceptors (Lipinski definition) is 1. The molecule has 0 unspecified atom stereocenters. The first-order valence-corrected chi connectivity index (χ1v) is 12.6. The van der Waals surface area contributed by atoms with Gasteiger partial charge in [-0.05, 0) is 45.4 Å². The molecule has 3 aliphatic heterocycles. The van der Waals surface area contributed by atoms with Crippen molar-refractivity contribution in [2.45, 2.75) is 6.92 Å². The van der Waals surface area contributed by atoms with Crippen LogP contribution in [0.15, 0.2) is 65.2 Å². The van der Waals surface area contributed by atoms with Gasteiger partial charge < -0.3 is 0 Å². The summed E-state index contributed by atoms with van der Waals surface area (Å²) >= 11 is 0. The summed E-state index contributed by atoms with van der Waals surface area (Å²) in [6, 6.07) is 19.5. The molecule has 27 heavy (non-hydrogen) atoms. The molecule has 0 atom stereocenters. The van der Waals surface area contributed by atoms with Crippen LogP contribution in [-0.2, 0) is 4.57 Å². The molecule has 2 bridgehead atoms. The summed E-state index contributed by atoms with van der Waals surface area (Å²) in [5.41, 5.74) is 0.221. The van der Waals surface area contributed by atoms with E-state index in [9.17, 15) is 4.57 Å². The van der Waals surface area contributed by atoms with Gasteiger partial charge in [0.05, 0.1) is 0 Å². The zero-order valence-corrected chi connectivity index (χ0v) is 18.3. The van der Waals surface area contributed by atoms with E-state index in [1.165, 1.54) is 0 Å². The molecule has 7 heteroatoms. The van der Waals surface area contributed by atoms with Gasteiger partial charge in [-0.25, -0.2) is 14.0 Å². The van der Waals surface area contributed by atoms with Gasteiger partial charge in [0, 0.05) is 35.7 Å². The van der Waals surface area contributed by atoms with Crippen LogP contribution in [0.5, 0.6) is 0 Å². The molecule has 3 heterocycles. The standard InChI is InChI=1S/C20H28N4OP2/c1-20-15-22(2)27(23(3)16-20,24(4)17-20)21-26(25,18-11-7-5-8-12-18)19-13-9-6-10-14-19/h5-14H,15-17H2,1-4H3. The van der Waals surface area contributed by atoms with Gasteiger partial charge in [-0.1, -0.05) is 43.3 Å². The molecule has 144 valence electrons. The van der Waals surface area contributed by atoms with E-state index in [-0.39, 0.29) is 5.41 Å². The fraction of sp³-hybridized carbons (Fsp3) is 0.400. The molecule has 0 radical (unpaired) electrons. The maximum Gasteiger partial charge on any atom is 0.249 e. The third kappa shape index (κ3) is 2.97. The van der Waals surface area contributed by atoms with Gasteiger partial charge in [-0.15, -0.1) is 0 Å². The van der Waals surface area contributed by atoms with Crippen molar-refractivity contribution in [1.29, 1.82) is 0 Å². The molecule has 0 spiro atoms. The second kappa shape index (κ2) is 6.69. The smallest absolute Gasteiger partial charge is 0.249 e. The number of benzene rings is 2. The molecule has 0 amide bonds. The van der Waals surface area contributed by atoms with E-state index in [2.05, 4.69) is 42.1 Å². The van der Waals surface area contributed by atoms with Crippen LogP contribution < -0.4 is 10.6 Å². The topological polar surface area (TPSA) is 39.1 Å². The van der Waals surface area contributed by atoms with Gasteiger partial charge in [-0.2, -0.15) is 4.52 Å². The molecule has 0 N–H and O–H groups in total. The Hall–Kier alpha value is -1.22. The maximum absolute atomic E-state index is 14.6. The van der Waals surface area contributed by atoms with Crippen LogP contribution in [0.25, 0.3) is 0 Å². The molecule has 2 aromatic rings. The van der Waals surface area contributed by atoms with E-state index >= 15 is 0 Å². The number of fused-ring (bicyclic) bond motifs is 3. The summed E-state index contributed by atoms with van der Waals surface area (Å²) in [7, 11) is 1.07. The molecule has 5 nitrogen and oxygen atoms in total. The van der Waals surface area contributed by atoms with Gasteiger partial charge in [0.25, 0.3) is 0 Å². The Morgan fingerprint density at radius 2 is 1.19 bits per heavy atom. The Kier molecular flexibility index (Phi) is 4.73. The van der Waals surface area contributed by atoms with Crippen molar-refractivity contribution < 1.29 is 4.57 Å². The molecule has 0 aromatic heterocycles. The third-order valence-electron chi connectivity index (χ3n) is 5.66. The number of rotatable bonds is 3. The second-order valence-corrected chi connectivity index (χ2v) is 14.2. The number of nitrogens with zero attached hydrogens (tertiary/aromatic N) is 4. The van der Waals surface area contributed by atoms with Crippen LogP contribution in [-0.4, -0.2) is 54.8 Å². The van der Waals surface area contributed by atoms with Crippen LogP contribution in [0.4, 0.5) is 0 Å². The zero-order valence-electron chi connectivity index (χ0n) is 16.5. The van der Waals surface area contributed by atoms with Gasteiger partial charge in [-0.3, -0.25) is 4.57 Å². The summed E-state index contributed by atoms with van der Waals surface area (Å²) in [6.45, 7) is 5.30. The third-order valence-corrected chi connectivity index (χ3v) is 12.8. The minimum absolute atomic E-state index is 0.221. The lowest BCUT2D eigenvalue weighted by atomic mass is 9.90. The lowest BCUT2D eigenvalue weighted by Crippen LogP contribution is -2.60. The fourth-order valence-corrected chi connectivity index (χ4v) is 13.2. The monoisotopic (exact) mass is 402 g/mol. The fourth-order valence-electron chi connectivity index (χ4n) is 4.76. The van der Waals surface area contributed by atoms with Crippen LogP contribution in [0.2, 0.25) is 0 Å². The molecule has 3 fully saturated rings. The number of hydrogen-bond donors (Lipinski definition) is 0. The average Bonchev–Trinajstić information content (AvgIpc) is 2.64. The summed E-state index contributed by atoms with van der Waals surface area (Å²) < 4.78 is 27.0. The van der Waals surface area contributed by atoms with Crippen molar-refractivity contribution in [2.24, 2.45) is 9.93 Å². The quantitative estimate of drug-likeness (QED) is 0.734. The first-order valence-electron chi connectivity index (χ1n) is 9.30. The molecular formula is C20H28N4OP2. The molecular weight excluding hydrogens is 374 g/mol. The summed E-state index contributed by atoms with van der Waals surface area (Å²) in [5.74, 6) is 0. The minimum Gasteiger partial charge on any atom is -0.288 e. The Labute approximate surface area is 162 Å². The van der Waals surface area contributed by atoms with Crippen LogP contribution in [0, 0.1) is 5.41 Å². The zero-order chi connectivity index (χ0) is 19.3. The van der Waals surface area contributed by atoms with Gasteiger partial charge >= 0.3 is 0 Å². The molecule has 0 saturated carbocycles. The maximum atomic E-state index is 14.6. The van der Waals surface area contributed by atoms with E-state index in [0.29, 0.717) is 0 Å². The van der Waals surface area contributed by atoms with Gasteiger partial charge in [0.2, 0.25) is 7.29 Å². The van der Waals surface area contributed by atoms with Crippen molar-refractivity contribution in [3.63, 3.8) is 0 Å². The first-order chi connectivity index (χ1) is 12.8. The SMILES string of the molecule is CN1CC2(C)CN(C)P1(=NP(=O)(c1ccccc1)c1ccccc1)N(C)C2. The lowest BCUT2D eigenvalue weighted by molar-refractivity contribution is 0.0970. The Morgan fingerprint density at radius 1 is 0.815 bits per heavy atom. The van der Waals surface area contributed by atoms with Crippen LogP contribution in [0.3, 0.4) is 0 Å². The van der Waals surface area contributed by atoms with E-state index in [1.54, 1.807) is 0 Å². The highest BCUT2D eigenvalue weighted by molar-refractivity contribution is 7.82. The molecule has 3 saturated heterocycles. The highest BCUT2D eigenvalue weighted by atomic mass is 31.2. The van der Waals surface area contributed by atoms with Crippen molar-refractivity contribution in [3.05, 3.63) is 60.7 Å². The Balaban J connectivity index is 1.98. The summed E-state index contributed by atoms with van der Waals surface area (Å²) in [5, 5.41) is 1.61. The van der Waals surface area contributed by atoms with E-state index in [4.69, 9.17) is 4.52 Å². The predicted octanol–water partition coefficient (Wildman–Crippen LogP) is 3.69. The summed E-state index contributed by atoms with van der Waals surface area (Å²) in [4.78, 5) is 0. The van der Waals surface area contributed by atoms with Gasteiger partial charge in [0.15, 0.2) is 7.51 Å². The van der Waals surface area contributed by atoms with Gasteiger partial charge in [0.1, 0.15) is 0 Å². The second-order valence-electron chi connectivity index (χ2n) is 8.13. The highest BCUT2D eigenvalue weighted by Crippen LogP contribution is 2.70. The molecule has 2 aromatic carbocycles. The van der Waals surface area contributed by atoms with E-state index in [0.717, 1.165) is 30.2 Å². The minimum atomic E-state index is -3.13. The van der Waals surface area contributed by atoms with Crippen LogP contribution >= 0.6 is 14.8 Å². The van der Waals surface area contributed by atoms with Crippen LogP contribution in [0.1, 0.15) is 6.92 Å². The summed E-state index contributed by atoms with van der Waals surface area (Å²) in [6.07, 6.45) is 0. The van der Waals surface area contributed by atoms with Crippen molar-refractivity contribution in [2.75, 3.05) is 40.8 Å². The predicted molar refractivity (Wildman–Crippen MR) is 115 cm³/mol. The Bertz CT molecular complexity index is 847. The average molecular weight is 402 g/mol. The largest absolute Gasteiger partial charge is 0.288 e. The van der Waals surface area contributed by atoms with Crippen molar-refractivity contribution >= 4 is 25.4 Å². The van der Waals surface area contributed by atoms with E-state index < -0.39 is 14.8 Å². The highest BCUT2D eigenvalue weighted by Gasteiger charge is 2.53. The Morgan fingerprint density at radius 3 is 1.56 bits per heavy atom. The molecule has 3 aliphatic rings. The molecule has 5 rings (SSSR count). The first kappa shape index (κ1) is 19.1. The van der Waals surface area contributed by atoms with E-state index in [1.807, 2.05) is 60.7 Å². The lowest BCUT2D eigenvalue weighted by Gasteiger charge is -2.61. The normalized spacial score (nSPS) is 29.8.